The van der Waals surface area contributed by atoms with Crippen LogP contribution >= 0.6 is 0 Å². The van der Waals surface area contributed by atoms with E-state index in [1.807, 2.05) is 12.4 Å². The molecule has 0 unspecified atom stereocenters. The zero-order valence-electron chi connectivity index (χ0n) is 17.8. The molecule has 7 heteroatoms. The average Bonchev–Trinajstić information content (AvgIpc) is 3.46. The van der Waals surface area contributed by atoms with Gasteiger partial charge in [-0.05, 0) is 41.6 Å². The molecule has 5 aromatic rings. The molecule has 1 fully saturated rings. The minimum Gasteiger partial charge on any atom is -0.380 e. The highest BCUT2D eigenvalue weighted by molar-refractivity contribution is 5.97. The lowest BCUT2D eigenvalue weighted by Gasteiger charge is -2.19. The molecule has 1 saturated heterocycles. The fourth-order valence-corrected chi connectivity index (χ4v) is 4.61. The van der Waals surface area contributed by atoms with Crippen molar-refractivity contribution < 1.29 is 0 Å². The second-order valence-electron chi connectivity index (χ2n) is 8.32. The number of rotatable bonds is 4. The normalized spacial score (nSPS) is 16.2. The zero-order chi connectivity index (χ0) is 21.5. The second-order valence-corrected chi connectivity index (χ2v) is 8.32. The molecule has 0 radical (unpaired) electrons. The standard InChI is InChI=1S/C25H23N7/c1-31-8-4-17-2-3-18(10-24(17)31)22-11-20(12-23-25(22)29-7-6-28-23)30-19-5-9-32(15-19)21-13-26-16-27-14-21/h2-4,6-8,10-14,16,19,30H,5,9,15H2,1H3/t19-/m0/s1. The summed E-state index contributed by atoms with van der Waals surface area (Å²) in [4.78, 5) is 19.9. The maximum atomic E-state index is 4.65. The zero-order valence-corrected chi connectivity index (χ0v) is 17.8. The van der Waals surface area contributed by atoms with E-state index >= 15 is 0 Å². The predicted octanol–water partition coefficient (Wildman–Crippen LogP) is 4.27. The molecule has 3 aromatic heterocycles. The summed E-state index contributed by atoms with van der Waals surface area (Å²) in [5.41, 5.74) is 7.38. The SMILES string of the molecule is Cn1ccc2ccc(-c3cc(N[C@H]4CCN(c5cncnc5)C4)cc4nccnc34)cc21. The first-order valence-corrected chi connectivity index (χ1v) is 10.8. The van der Waals surface area contributed by atoms with E-state index < -0.39 is 0 Å². The average molecular weight is 422 g/mol. The topological polar surface area (TPSA) is 71.8 Å². The highest BCUT2D eigenvalue weighted by atomic mass is 15.2. The van der Waals surface area contributed by atoms with E-state index in [1.165, 1.54) is 10.9 Å². The van der Waals surface area contributed by atoms with Gasteiger partial charge in [0.2, 0.25) is 0 Å². The van der Waals surface area contributed by atoms with E-state index in [1.54, 1.807) is 18.7 Å². The van der Waals surface area contributed by atoms with Gasteiger partial charge in [-0.2, -0.15) is 0 Å². The molecule has 2 aromatic carbocycles. The van der Waals surface area contributed by atoms with Crippen LogP contribution in [0.2, 0.25) is 0 Å². The first-order chi connectivity index (χ1) is 15.7. The number of nitrogens with zero attached hydrogens (tertiary/aromatic N) is 6. The summed E-state index contributed by atoms with van der Waals surface area (Å²) in [6.07, 6.45) is 12.0. The molecule has 6 rings (SSSR count). The lowest BCUT2D eigenvalue weighted by atomic mass is 10.0. The Morgan fingerprint density at radius 2 is 1.88 bits per heavy atom. The van der Waals surface area contributed by atoms with Gasteiger partial charge >= 0.3 is 0 Å². The third-order valence-corrected chi connectivity index (χ3v) is 6.24. The Kier molecular flexibility index (Phi) is 4.45. The van der Waals surface area contributed by atoms with Crippen LogP contribution in [0.4, 0.5) is 11.4 Å². The van der Waals surface area contributed by atoms with Crippen LogP contribution in [0.25, 0.3) is 33.1 Å². The van der Waals surface area contributed by atoms with Crippen molar-refractivity contribution in [1.29, 1.82) is 0 Å². The number of benzene rings is 2. The minimum absolute atomic E-state index is 0.340. The summed E-state index contributed by atoms with van der Waals surface area (Å²) in [6.45, 7) is 1.89. The lowest BCUT2D eigenvalue weighted by Crippen LogP contribution is -2.26. The third kappa shape index (κ3) is 3.32. The summed E-state index contributed by atoms with van der Waals surface area (Å²) < 4.78 is 2.15. The summed E-state index contributed by atoms with van der Waals surface area (Å²) in [5.74, 6) is 0. The number of fused-ring (bicyclic) bond motifs is 2. The van der Waals surface area contributed by atoms with Gasteiger partial charge in [0.05, 0.1) is 29.1 Å². The van der Waals surface area contributed by atoms with Crippen LogP contribution in [0.3, 0.4) is 0 Å². The van der Waals surface area contributed by atoms with E-state index in [2.05, 4.69) is 84.4 Å². The molecule has 1 atom stereocenters. The van der Waals surface area contributed by atoms with E-state index in [-0.39, 0.29) is 0 Å². The molecule has 1 aliphatic heterocycles. The number of aromatic nitrogens is 5. The van der Waals surface area contributed by atoms with Gasteiger partial charge < -0.3 is 14.8 Å². The first kappa shape index (κ1) is 18.7. The smallest absolute Gasteiger partial charge is 0.115 e. The van der Waals surface area contributed by atoms with E-state index in [0.717, 1.165) is 53.0 Å². The molecule has 4 heterocycles. The van der Waals surface area contributed by atoms with Crippen molar-refractivity contribution >= 4 is 33.3 Å². The van der Waals surface area contributed by atoms with Gasteiger partial charge in [-0.25, -0.2) is 9.97 Å². The summed E-state index contributed by atoms with van der Waals surface area (Å²) >= 11 is 0. The Morgan fingerprint density at radius 3 is 2.78 bits per heavy atom. The predicted molar refractivity (Wildman–Crippen MR) is 128 cm³/mol. The molecule has 1 aliphatic rings. The molecule has 0 amide bonds. The van der Waals surface area contributed by atoms with Crippen LogP contribution in [0.1, 0.15) is 6.42 Å². The highest BCUT2D eigenvalue weighted by Crippen LogP contribution is 2.33. The van der Waals surface area contributed by atoms with Gasteiger partial charge in [0.1, 0.15) is 6.33 Å². The van der Waals surface area contributed by atoms with E-state index in [0.29, 0.717) is 6.04 Å². The van der Waals surface area contributed by atoms with Crippen molar-refractivity contribution in [3.05, 3.63) is 73.7 Å². The fourth-order valence-electron chi connectivity index (χ4n) is 4.61. The number of hydrogen-bond acceptors (Lipinski definition) is 6. The summed E-state index contributed by atoms with van der Waals surface area (Å²) in [7, 11) is 2.08. The largest absolute Gasteiger partial charge is 0.380 e. The van der Waals surface area contributed by atoms with Crippen LogP contribution in [0, 0.1) is 0 Å². The monoisotopic (exact) mass is 421 g/mol. The number of nitrogens with one attached hydrogen (secondary N) is 1. The van der Waals surface area contributed by atoms with Crippen molar-refractivity contribution in [2.75, 3.05) is 23.3 Å². The van der Waals surface area contributed by atoms with Crippen LogP contribution in [-0.2, 0) is 7.05 Å². The number of aryl methyl sites for hydroxylation is 1. The molecule has 7 nitrogen and oxygen atoms in total. The molecule has 0 aliphatic carbocycles. The maximum absolute atomic E-state index is 4.65. The van der Waals surface area contributed by atoms with Crippen LogP contribution in [0.5, 0.6) is 0 Å². The fraction of sp³-hybridized carbons (Fsp3) is 0.200. The van der Waals surface area contributed by atoms with Crippen molar-refractivity contribution in [3.8, 4) is 11.1 Å². The molecule has 0 saturated carbocycles. The van der Waals surface area contributed by atoms with Gasteiger partial charge in [0.15, 0.2) is 0 Å². The molecule has 158 valence electrons. The molecule has 32 heavy (non-hydrogen) atoms. The lowest BCUT2D eigenvalue weighted by molar-refractivity contribution is 0.807. The molecule has 1 N–H and O–H groups in total. The van der Waals surface area contributed by atoms with Gasteiger partial charge in [-0.3, -0.25) is 9.97 Å². The molecule has 0 bridgehead atoms. The number of hydrogen-bond donors (Lipinski definition) is 1. The Bertz CT molecular complexity index is 1410. The van der Waals surface area contributed by atoms with E-state index in [9.17, 15) is 0 Å². The van der Waals surface area contributed by atoms with Gasteiger partial charge in [-0.15, -0.1) is 0 Å². The van der Waals surface area contributed by atoms with Gasteiger partial charge in [0.25, 0.3) is 0 Å². The van der Waals surface area contributed by atoms with Crippen molar-refractivity contribution in [1.82, 2.24) is 24.5 Å². The van der Waals surface area contributed by atoms with E-state index in [4.69, 9.17) is 0 Å². The highest BCUT2D eigenvalue weighted by Gasteiger charge is 2.23. The Hall–Kier alpha value is -4.00. The third-order valence-electron chi connectivity index (χ3n) is 6.24. The Morgan fingerprint density at radius 1 is 1.00 bits per heavy atom. The minimum atomic E-state index is 0.340. The van der Waals surface area contributed by atoms with Gasteiger partial charge in [-0.1, -0.05) is 12.1 Å². The first-order valence-electron chi connectivity index (χ1n) is 10.8. The van der Waals surface area contributed by atoms with Crippen molar-refractivity contribution in [3.63, 3.8) is 0 Å². The van der Waals surface area contributed by atoms with Crippen LogP contribution in [-0.4, -0.2) is 43.6 Å². The molecule has 0 spiro atoms. The molecular formula is C25H23N7. The summed E-state index contributed by atoms with van der Waals surface area (Å²) in [5, 5.41) is 4.96. The Labute approximate surface area is 185 Å². The summed E-state index contributed by atoms with van der Waals surface area (Å²) in [6, 6.07) is 13.4. The number of anilines is 2. The molecular weight excluding hydrogens is 398 g/mol. The van der Waals surface area contributed by atoms with Crippen molar-refractivity contribution in [2.45, 2.75) is 12.5 Å². The maximum Gasteiger partial charge on any atom is 0.115 e. The van der Waals surface area contributed by atoms with Crippen LogP contribution in [0.15, 0.2) is 73.7 Å². The Balaban J connectivity index is 1.35. The quantitative estimate of drug-likeness (QED) is 0.467. The van der Waals surface area contributed by atoms with Crippen LogP contribution < -0.4 is 10.2 Å². The van der Waals surface area contributed by atoms with Crippen molar-refractivity contribution in [2.24, 2.45) is 7.05 Å². The van der Waals surface area contributed by atoms with Gasteiger partial charge in [0, 0.05) is 61.5 Å². The second kappa shape index (κ2) is 7.60.